The quantitative estimate of drug-likeness (QED) is 0.173. The van der Waals surface area contributed by atoms with Gasteiger partial charge in [0.15, 0.2) is 5.78 Å². The number of aromatic nitrogens is 2. The highest BCUT2D eigenvalue weighted by Crippen LogP contribution is 2.28. The van der Waals surface area contributed by atoms with E-state index in [9.17, 15) is 9.59 Å². The molecule has 0 unspecified atom stereocenters. The molecule has 194 valence electrons. The predicted molar refractivity (Wildman–Crippen MR) is 152 cm³/mol. The van der Waals surface area contributed by atoms with Crippen LogP contribution in [0.15, 0.2) is 90.9 Å². The second-order valence-electron chi connectivity index (χ2n) is 9.54. The molecule has 1 fully saturated rings. The molecule has 6 nitrogen and oxygen atoms in total. The van der Waals surface area contributed by atoms with E-state index in [-0.39, 0.29) is 18.3 Å². The predicted octanol–water partition coefficient (Wildman–Crippen LogP) is 5.63. The van der Waals surface area contributed by atoms with Crippen molar-refractivity contribution in [1.29, 1.82) is 0 Å². The topological polar surface area (TPSA) is 64.4 Å². The lowest BCUT2D eigenvalue weighted by atomic mass is 9.98. The minimum atomic E-state index is -0.0276. The molecule has 1 saturated heterocycles. The fourth-order valence-corrected chi connectivity index (χ4v) is 4.77. The van der Waals surface area contributed by atoms with Crippen LogP contribution in [0.25, 0.3) is 11.8 Å². The fraction of sp³-hybridized carbons (Fsp3) is 0.182. The average molecular weight is 516 g/mol. The number of ether oxygens (including phenoxy) is 1. The van der Waals surface area contributed by atoms with E-state index in [1.165, 1.54) is 0 Å². The lowest BCUT2D eigenvalue weighted by Crippen LogP contribution is -2.36. The summed E-state index contributed by atoms with van der Waals surface area (Å²) in [5, 5.41) is 0. The van der Waals surface area contributed by atoms with Crippen LogP contribution in [0, 0.1) is 19.3 Å². The number of benzene rings is 3. The van der Waals surface area contributed by atoms with Gasteiger partial charge in [-0.1, -0.05) is 60.5 Å². The van der Waals surface area contributed by atoms with Gasteiger partial charge in [-0.05, 0) is 55.2 Å². The molecule has 3 aromatic carbocycles. The van der Waals surface area contributed by atoms with Crippen LogP contribution >= 0.6 is 0 Å². The van der Waals surface area contributed by atoms with Crippen molar-refractivity contribution in [3.05, 3.63) is 119 Å². The van der Waals surface area contributed by atoms with Crippen LogP contribution in [-0.4, -0.2) is 39.3 Å². The van der Waals surface area contributed by atoms with Gasteiger partial charge in [-0.25, -0.2) is 4.98 Å². The summed E-state index contributed by atoms with van der Waals surface area (Å²) in [6.45, 7) is 3.18. The number of amides is 1. The molecule has 0 radical (unpaired) electrons. The SMILES string of the molecule is C#CCOc1cc(/C=C2\CCCN(Cc3cccc(C(=O)c4ccccc4)c3)C2=O)ccc1-n1cnc(C)c1. The number of rotatable bonds is 8. The van der Waals surface area contributed by atoms with E-state index in [0.29, 0.717) is 36.4 Å². The number of piperidine rings is 1. The molecular weight excluding hydrogens is 486 g/mol. The van der Waals surface area contributed by atoms with Gasteiger partial charge in [0.1, 0.15) is 12.4 Å². The van der Waals surface area contributed by atoms with Crippen molar-refractivity contribution in [3.8, 4) is 23.8 Å². The zero-order valence-corrected chi connectivity index (χ0v) is 21.8. The lowest BCUT2D eigenvalue weighted by molar-refractivity contribution is -0.129. The minimum Gasteiger partial charge on any atom is -0.479 e. The molecule has 1 aromatic heterocycles. The van der Waals surface area contributed by atoms with E-state index in [4.69, 9.17) is 11.2 Å². The molecule has 39 heavy (non-hydrogen) atoms. The molecule has 0 atom stereocenters. The van der Waals surface area contributed by atoms with Crippen molar-refractivity contribution in [2.24, 2.45) is 0 Å². The van der Waals surface area contributed by atoms with Crippen LogP contribution < -0.4 is 4.74 Å². The second-order valence-corrected chi connectivity index (χ2v) is 9.54. The normalized spacial score (nSPS) is 14.3. The Morgan fingerprint density at radius 1 is 1.08 bits per heavy atom. The third-order valence-electron chi connectivity index (χ3n) is 6.66. The first-order valence-electron chi connectivity index (χ1n) is 12.9. The molecule has 2 heterocycles. The summed E-state index contributed by atoms with van der Waals surface area (Å²) in [4.78, 5) is 32.5. The molecule has 0 spiro atoms. The van der Waals surface area contributed by atoms with Gasteiger partial charge in [0, 0.05) is 36.0 Å². The highest BCUT2D eigenvalue weighted by Gasteiger charge is 2.24. The molecular formula is C33H29N3O3. The van der Waals surface area contributed by atoms with E-state index in [1.807, 2.05) is 101 Å². The minimum absolute atomic E-state index is 0.00134. The number of likely N-dealkylation sites (tertiary alicyclic amines) is 1. The number of imidazole rings is 1. The highest BCUT2D eigenvalue weighted by atomic mass is 16.5. The molecule has 0 bridgehead atoms. The van der Waals surface area contributed by atoms with Crippen molar-refractivity contribution in [3.63, 3.8) is 0 Å². The summed E-state index contributed by atoms with van der Waals surface area (Å²) in [5.74, 6) is 3.11. The molecule has 5 rings (SSSR count). The number of carbonyl (C=O) groups is 2. The summed E-state index contributed by atoms with van der Waals surface area (Å²) in [5.41, 5.74) is 5.52. The number of hydrogen-bond acceptors (Lipinski definition) is 4. The van der Waals surface area contributed by atoms with Crippen LogP contribution in [0.1, 0.15) is 45.6 Å². The van der Waals surface area contributed by atoms with Crippen LogP contribution in [0.5, 0.6) is 5.75 Å². The van der Waals surface area contributed by atoms with E-state index >= 15 is 0 Å². The van der Waals surface area contributed by atoms with Gasteiger partial charge in [-0.2, -0.15) is 0 Å². The monoisotopic (exact) mass is 515 g/mol. The smallest absolute Gasteiger partial charge is 0.250 e. The Morgan fingerprint density at radius 3 is 2.67 bits per heavy atom. The Bertz CT molecular complexity index is 1580. The first kappa shape index (κ1) is 25.7. The number of aryl methyl sites for hydroxylation is 1. The summed E-state index contributed by atoms with van der Waals surface area (Å²) in [7, 11) is 0. The summed E-state index contributed by atoms with van der Waals surface area (Å²) in [6, 6.07) is 22.6. The van der Waals surface area contributed by atoms with E-state index in [1.54, 1.807) is 6.33 Å². The van der Waals surface area contributed by atoms with Gasteiger partial charge in [0.2, 0.25) is 5.91 Å². The van der Waals surface area contributed by atoms with E-state index in [0.717, 1.165) is 34.5 Å². The number of hydrogen-bond donors (Lipinski definition) is 0. The molecule has 0 N–H and O–H groups in total. The van der Waals surface area contributed by atoms with E-state index in [2.05, 4.69) is 10.9 Å². The van der Waals surface area contributed by atoms with Crippen LogP contribution in [0.3, 0.4) is 0 Å². The van der Waals surface area contributed by atoms with Crippen molar-refractivity contribution in [1.82, 2.24) is 14.5 Å². The molecule has 0 aliphatic carbocycles. The van der Waals surface area contributed by atoms with Crippen LogP contribution in [0.2, 0.25) is 0 Å². The van der Waals surface area contributed by atoms with Gasteiger partial charge >= 0.3 is 0 Å². The van der Waals surface area contributed by atoms with Crippen LogP contribution in [-0.2, 0) is 11.3 Å². The highest BCUT2D eigenvalue weighted by molar-refractivity contribution is 6.09. The Kier molecular flexibility index (Phi) is 7.70. The van der Waals surface area contributed by atoms with Gasteiger partial charge in [-0.3, -0.25) is 9.59 Å². The number of terminal acetylenes is 1. The Labute approximate surface area is 228 Å². The van der Waals surface area contributed by atoms with Crippen molar-refractivity contribution < 1.29 is 14.3 Å². The molecule has 1 amide bonds. The molecule has 6 heteroatoms. The summed E-state index contributed by atoms with van der Waals surface area (Å²) < 4.78 is 7.72. The third-order valence-corrected chi connectivity index (χ3v) is 6.66. The maximum Gasteiger partial charge on any atom is 0.250 e. The maximum atomic E-state index is 13.4. The number of carbonyl (C=O) groups excluding carboxylic acids is 2. The molecule has 4 aromatic rings. The van der Waals surface area contributed by atoms with Gasteiger partial charge in [0.25, 0.3) is 0 Å². The lowest BCUT2D eigenvalue weighted by Gasteiger charge is -2.29. The summed E-state index contributed by atoms with van der Waals surface area (Å²) >= 11 is 0. The van der Waals surface area contributed by atoms with Crippen LogP contribution in [0.4, 0.5) is 0 Å². The first-order chi connectivity index (χ1) is 19.0. The zero-order chi connectivity index (χ0) is 27.2. The molecule has 0 saturated carbocycles. The largest absolute Gasteiger partial charge is 0.479 e. The molecule has 1 aliphatic heterocycles. The second kappa shape index (κ2) is 11.7. The summed E-state index contributed by atoms with van der Waals surface area (Å²) in [6.07, 6.45) is 12.6. The van der Waals surface area contributed by atoms with Crippen molar-refractivity contribution >= 4 is 17.8 Å². The zero-order valence-electron chi connectivity index (χ0n) is 21.8. The Morgan fingerprint density at radius 2 is 1.90 bits per heavy atom. The number of nitrogens with zero attached hydrogens (tertiary/aromatic N) is 3. The molecule has 1 aliphatic rings. The fourth-order valence-electron chi connectivity index (χ4n) is 4.77. The van der Waals surface area contributed by atoms with Crippen molar-refractivity contribution in [2.45, 2.75) is 26.3 Å². The van der Waals surface area contributed by atoms with Gasteiger partial charge in [0.05, 0.1) is 17.7 Å². The Balaban J connectivity index is 1.35. The van der Waals surface area contributed by atoms with Gasteiger partial charge < -0.3 is 14.2 Å². The van der Waals surface area contributed by atoms with E-state index < -0.39 is 0 Å². The average Bonchev–Trinajstić information content (AvgIpc) is 3.40. The number of ketones is 1. The van der Waals surface area contributed by atoms with Crippen molar-refractivity contribution in [2.75, 3.05) is 13.2 Å². The standard InChI is InChI=1S/C33H29N3O3/c1-3-17-39-31-20-25(14-15-30(31)36-21-24(2)34-23-36)18-29-13-8-16-35(33(29)38)22-26-9-7-12-28(19-26)32(37)27-10-5-4-6-11-27/h1,4-7,9-12,14-15,18-21,23H,8,13,16-17,22H2,2H3/b29-18+. The first-order valence-corrected chi connectivity index (χ1v) is 12.9. The third kappa shape index (κ3) is 6.00. The van der Waals surface area contributed by atoms with Gasteiger partial charge in [-0.15, -0.1) is 6.42 Å². The Hall–Kier alpha value is -4.89. The maximum absolute atomic E-state index is 13.4.